The van der Waals surface area contributed by atoms with Crippen molar-refractivity contribution in [3.8, 4) is 0 Å². The number of carbonyl (C=O) groups excluding carboxylic acids is 1. The summed E-state index contributed by atoms with van der Waals surface area (Å²) in [4.78, 5) is 25.3. The number of nitrogens with zero attached hydrogens (tertiary/aromatic N) is 3. The Labute approximate surface area is 160 Å². The molecule has 6 nitrogen and oxygen atoms in total. The number of nitrogens with one attached hydrogen (secondary N) is 1. The average molecular weight is 373 g/mol. The predicted octanol–water partition coefficient (Wildman–Crippen LogP) is 2.49. The van der Waals surface area contributed by atoms with E-state index in [1.54, 1.807) is 4.57 Å². The Kier molecular flexibility index (Phi) is 4.21. The van der Waals surface area contributed by atoms with E-state index in [9.17, 15) is 9.59 Å². The molecule has 1 N–H and O–H groups in total. The maximum atomic E-state index is 12.7. The monoisotopic (exact) mass is 372 g/mol. The second-order valence-corrected chi connectivity index (χ2v) is 9.89. The molecule has 4 aliphatic carbocycles. The third-order valence-electron chi connectivity index (χ3n) is 7.96. The van der Waals surface area contributed by atoms with Gasteiger partial charge in [0.05, 0.1) is 0 Å². The highest BCUT2D eigenvalue weighted by molar-refractivity contribution is 5.76. The highest BCUT2D eigenvalue weighted by Gasteiger charge is 2.53. The van der Waals surface area contributed by atoms with Crippen molar-refractivity contribution in [2.75, 3.05) is 0 Å². The van der Waals surface area contributed by atoms with Gasteiger partial charge in [0.2, 0.25) is 5.91 Å². The summed E-state index contributed by atoms with van der Waals surface area (Å²) >= 11 is 0. The molecule has 0 aromatic carbocycles. The molecule has 0 saturated heterocycles. The van der Waals surface area contributed by atoms with Crippen molar-refractivity contribution in [2.45, 2.75) is 90.3 Å². The minimum absolute atomic E-state index is 0.0511. The number of fused-ring (bicyclic) bond motifs is 1. The van der Waals surface area contributed by atoms with E-state index in [2.05, 4.69) is 17.3 Å². The lowest BCUT2D eigenvalue weighted by atomic mass is 9.48. The van der Waals surface area contributed by atoms with E-state index in [1.165, 1.54) is 43.2 Å². The fourth-order valence-corrected chi connectivity index (χ4v) is 7.01. The first-order valence-electron chi connectivity index (χ1n) is 11.0. The van der Waals surface area contributed by atoms with Crippen molar-refractivity contribution in [2.24, 2.45) is 23.2 Å². The lowest BCUT2D eigenvalue weighted by Crippen LogP contribution is -2.56. The van der Waals surface area contributed by atoms with Crippen LogP contribution in [0.25, 0.3) is 0 Å². The minimum Gasteiger partial charge on any atom is -0.351 e. The second-order valence-electron chi connectivity index (χ2n) is 9.89. The highest BCUT2D eigenvalue weighted by atomic mass is 16.2. The molecule has 0 radical (unpaired) electrons. The fourth-order valence-electron chi connectivity index (χ4n) is 7.01. The van der Waals surface area contributed by atoms with Crippen LogP contribution in [0.3, 0.4) is 0 Å². The molecule has 1 aliphatic heterocycles. The molecule has 148 valence electrons. The standard InChI is InChI=1S/C21H32N4O2/c1-14(21-10-15-7-16(11-21)9-17(8-15)12-21)22-19(26)13-25-20(27)24-6-4-2-3-5-18(24)23-25/h14-17H,2-13H2,1H3,(H,22,26). The first kappa shape index (κ1) is 17.5. The summed E-state index contributed by atoms with van der Waals surface area (Å²) in [5.41, 5.74) is 0.172. The summed E-state index contributed by atoms with van der Waals surface area (Å²) in [6.45, 7) is 2.98. The van der Waals surface area contributed by atoms with E-state index in [4.69, 9.17) is 0 Å². The van der Waals surface area contributed by atoms with Crippen molar-refractivity contribution in [3.63, 3.8) is 0 Å². The van der Waals surface area contributed by atoms with Gasteiger partial charge in [-0.1, -0.05) is 6.42 Å². The molecule has 0 spiro atoms. The van der Waals surface area contributed by atoms with Crippen molar-refractivity contribution in [1.82, 2.24) is 19.7 Å². The average Bonchev–Trinajstić information content (AvgIpc) is 2.78. The van der Waals surface area contributed by atoms with Gasteiger partial charge >= 0.3 is 5.69 Å². The molecule has 1 atom stereocenters. The SMILES string of the molecule is CC(NC(=O)Cn1nc2n(c1=O)CCCCC2)C12CC3CC(CC(C3)C1)C2. The summed E-state index contributed by atoms with van der Waals surface area (Å²) in [7, 11) is 0. The van der Waals surface area contributed by atoms with Crippen molar-refractivity contribution < 1.29 is 4.79 Å². The zero-order chi connectivity index (χ0) is 18.6. The van der Waals surface area contributed by atoms with E-state index in [0.29, 0.717) is 5.41 Å². The summed E-state index contributed by atoms with van der Waals surface area (Å²) < 4.78 is 3.14. The van der Waals surface area contributed by atoms with Gasteiger partial charge < -0.3 is 5.32 Å². The van der Waals surface area contributed by atoms with Gasteiger partial charge in [-0.15, -0.1) is 0 Å². The van der Waals surface area contributed by atoms with Crippen LogP contribution in [0.4, 0.5) is 0 Å². The van der Waals surface area contributed by atoms with Gasteiger partial charge in [0.15, 0.2) is 0 Å². The van der Waals surface area contributed by atoms with Gasteiger partial charge in [-0.2, -0.15) is 5.10 Å². The lowest BCUT2D eigenvalue weighted by molar-refractivity contribution is -0.126. The Morgan fingerprint density at radius 1 is 1.15 bits per heavy atom. The minimum atomic E-state index is -0.121. The molecular formula is C21H32N4O2. The summed E-state index contributed by atoms with van der Waals surface area (Å²) in [6.07, 6.45) is 12.1. The Balaban J connectivity index is 1.27. The van der Waals surface area contributed by atoms with Gasteiger partial charge in [-0.05, 0) is 81.5 Å². The molecule has 4 fully saturated rings. The molecule has 1 amide bonds. The summed E-state index contributed by atoms with van der Waals surface area (Å²) in [6, 6.07) is 0.189. The molecule has 5 aliphatic rings. The quantitative estimate of drug-likeness (QED) is 0.883. The summed E-state index contributed by atoms with van der Waals surface area (Å²) in [5.74, 6) is 3.42. The number of hydrogen-bond donors (Lipinski definition) is 1. The maximum Gasteiger partial charge on any atom is 0.346 e. The Morgan fingerprint density at radius 2 is 1.81 bits per heavy atom. The normalized spacial score (nSPS) is 35.5. The highest BCUT2D eigenvalue weighted by Crippen LogP contribution is 2.61. The number of amides is 1. The molecule has 2 heterocycles. The van der Waals surface area contributed by atoms with Crippen LogP contribution in [0, 0.1) is 23.2 Å². The van der Waals surface area contributed by atoms with Crippen molar-refractivity contribution in [1.29, 1.82) is 0 Å². The number of rotatable bonds is 4. The van der Waals surface area contributed by atoms with Crippen LogP contribution in [0.1, 0.15) is 70.5 Å². The zero-order valence-electron chi connectivity index (χ0n) is 16.5. The third-order valence-corrected chi connectivity index (χ3v) is 7.96. The molecule has 6 heteroatoms. The molecule has 1 unspecified atom stereocenters. The van der Waals surface area contributed by atoms with Gasteiger partial charge in [-0.25, -0.2) is 9.48 Å². The van der Waals surface area contributed by atoms with E-state index >= 15 is 0 Å². The second kappa shape index (κ2) is 6.49. The van der Waals surface area contributed by atoms with Crippen LogP contribution >= 0.6 is 0 Å². The van der Waals surface area contributed by atoms with Crippen molar-refractivity contribution in [3.05, 3.63) is 16.3 Å². The molecule has 4 saturated carbocycles. The third kappa shape index (κ3) is 3.05. The van der Waals surface area contributed by atoms with Crippen LogP contribution in [0.15, 0.2) is 4.79 Å². The number of carbonyl (C=O) groups is 1. The molecule has 1 aromatic heterocycles. The van der Waals surface area contributed by atoms with E-state index in [-0.39, 0.29) is 24.2 Å². The van der Waals surface area contributed by atoms with Crippen LogP contribution in [0.2, 0.25) is 0 Å². The van der Waals surface area contributed by atoms with Crippen LogP contribution < -0.4 is 11.0 Å². The predicted molar refractivity (Wildman–Crippen MR) is 102 cm³/mol. The van der Waals surface area contributed by atoms with Crippen LogP contribution in [0.5, 0.6) is 0 Å². The van der Waals surface area contributed by atoms with Gasteiger partial charge in [0, 0.05) is 19.0 Å². The number of aromatic nitrogens is 3. The number of hydrogen-bond acceptors (Lipinski definition) is 3. The largest absolute Gasteiger partial charge is 0.351 e. The van der Waals surface area contributed by atoms with E-state index < -0.39 is 0 Å². The van der Waals surface area contributed by atoms with Gasteiger partial charge in [-0.3, -0.25) is 9.36 Å². The summed E-state index contributed by atoms with van der Waals surface area (Å²) in [5, 5.41) is 7.71. The first-order valence-corrected chi connectivity index (χ1v) is 11.0. The maximum absolute atomic E-state index is 12.7. The van der Waals surface area contributed by atoms with Gasteiger partial charge in [0.25, 0.3) is 0 Å². The van der Waals surface area contributed by atoms with Gasteiger partial charge in [0.1, 0.15) is 12.4 Å². The fraction of sp³-hybridized carbons (Fsp3) is 0.857. The smallest absolute Gasteiger partial charge is 0.346 e. The van der Waals surface area contributed by atoms with Crippen LogP contribution in [-0.2, 0) is 24.3 Å². The molecule has 27 heavy (non-hydrogen) atoms. The zero-order valence-corrected chi connectivity index (χ0v) is 16.5. The Bertz CT molecular complexity index is 757. The topological polar surface area (TPSA) is 68.9 Å². The molecular weight excluding hydrogens is 340 g/mol. The first-order chi connectivity index (χ1) is 13.0. The Hall–Kier alpha value is -1.59. The number of aryl methyl sites for hydroxylation is 1. The van der Waals surface area contributed by atoms with E-state index in [1.807, 2.05) is 0 Å². The Morgan fingerprint density at radius 3 is 2.48 bits per heavy atom. The van der Waals surface area contributed by atoms with E-state index in [0.717, 1.165) is 55.8 Å². The van der Waals surface area contributed by atoms with Crippen molar-refractivity contribution >= 4 is 5.91 Å². The molecule has 1 aromatic rings. The molecule has 4 bridgehead atoms. The molecule has 6 rings (SSSR count). The van der Waals surface area contributed by atoms with Crippen LogP contribution in [-0.4, -0.2) is 26.3 Å². The lowest BCUT2D eigenvalue weighted by Gasteiger charge is -2.59.